The molecule has 0 radical (unpaired) electrons. The van der Waals surface area contributed by atoms with Crippen molar-refractivity contribution in [2.75, 3.05) is 40.9 Å². The van der Waals surface area contributed by atoms with Gasteiger partial charge in [-0.25, -0.2) is 4.57 Å². The molecule has 3 atom stereocenters. The molecule has 0 saturated heterocycles. The number of aliphatic hydroxyl groups excluding tert-OH is 1. The number of nitrogens with one attached hydrogen (secondary N) is 1. The van der Waals surface area contributed by atoms with Gasteiger partial charge in [-0.2, -0.15) is 0 Å². The SMILES string of the molecule is CCCCCCC/C=C\C/C=C\CCCCCCCCCCCCCCCCCCCCCCCCCCCCCCCC(=O)NC(COP(=O)(O)OCC[N+](C)(C)C)C(O)/C=C/CC/C=C/CC/C=C/CCCCCCCCCCCCCCCCC. The van der Waals surface area contributed by atoms with Gasteiger partial charge in [0.15, 0.2) is 0 Å². The number of amides is 1. The van der Waals surface area contributed by atoms with E-state index in [1.165, 1.54) is 315 Å². The van der Waals surface area contributed by atoms with Crippen LogP contribution in [-0.4, -0.2) is 73.4 Å². The maximum atomic E-state index is 13.1. The fourth-order valence-electron chi connectivity index (χ4n) is 11.7. The van der Waals surface area contributed by atoms with Gasteiger partial charge in [-0.05, 0) is 77.0 Å². The summed E-state index contributed by atoms with van der Waals surface area (Å²) in [5, 5.41) is 14.0. The molecule has 0 aliphatic heterocycles. The second kappa shape index (κ2) is 69.5. The molecule has 1 amide bonds. The van der Waals surface area contributed by atoms with Gasteiger partial charge in [0.1, 0.15) is 13.2 Å². The molecule has 0 rings (SSSR count). The lowest BCUT2D eigenvalue weighted by atomic mass is 10.0. The number of phosphoric ester groups is 1. The molecule has 0 saturated carbocycles. The highest BCUT2D eigenvalue weighted by Gasteiger charge is 2.28. The first kappa shape index (κ1) is 86.2. The Kier molecular flexibility index (Phi) is 68.1. The van der Waals surface area contributed by atoms with Gasteiger partial charge in [-0.15, -0.1) is 0 Å². The van der Waals surface area contributed by atoms with E-state index in [2.05, 4.69) is 67.8 Å². The summed E-state index contributed by atoms with van der Waals surface area (Å²) >= 11 is 0. The molecule has 0 aliphatic rings. The van der Waals surface area contributed by atoms with Crippen molar-refractivity contribution in [2.24, 2.45) is 0 Å². The Morgan fingerprint density at radius 1 is 0.386 bits per heavy atom. The first-order chi connectivity index (χ1) is 43.0. The van der Waals surface area contributed by atoms with Crippen LogP contribution >= 0.6 is 7.82 Å². The lowest BCUT2D eigenvalue weighted by Crippen LogP contribution is -2.45. The highest BCUT2D eigenvalue weighted by atomic mass is 31.2. The zero-order valence-electron chi connectivity index (χ0n) is 59.5. The van der Waals surface area contributed by atoms with Crippen LogP contribution in [0.1, 0.15) is 386 Å². The number of hydrogen-bond donors (Lipinski definition) is 3. The van der Waals surface area contributed by atoms with E-state index in [1.54, 1.807) is 6.08 Å². The molecular weight excluding hydrogens is 1100 g/mol. The van der Waals surface area contributed by atoms with E-state index in [0.29, 0.717) is 17.4 Å². The number of carbonyl (C=O) groups excluding carboxylic acids is 1. The minimum Gasteiger partial charge on any atom is -0.387 e. The molecule has 3 unspecified atom stereocenters. The Bertz CT molecular complexity index is 1620. The molecule has 518 valence electrons. The third-order valence-corrected chi connectivity index (χ3v) is 18.7. The van der Waals surface area contributed by atoms with E-state index in [-0.39, 0.29) is 19.1 Å². The molecule has 0 fully saturated rings. The number of allylic oxidation sites excluding steroid dienone is 9. The summed E-state index contributed by atoms with van der Waals surface area (Å²) in [6.07, 6.45) is 97.0. The highest BCUT2D eigenvalue weighted by molar-refractivity contribution is 7.47. The van der Waals surface area contributed by atoms with Gasteiger partial charge in [0, 0.05) is 6.42 Å². The van der Waals surface area contributed by atoms with Crippen molar-refractivity contribution in [1.82, 2.24) is 5.32 Å². The third-order valence-electron chi connectivity index (χ3n) is 17.7. The summed E-state index contributed by atoms with van der Waals surface area (Å²) in [6.45, 7) is 4.83. The monoisotopic (exact) mass is 1260 g/mol. The number of rotatable bonds is 72. The topological polar surface area (TPSA) is 105 Å². The van der Waals surface area contributed by atoms with Crippen molar-refractivity contribution in [1.29, 1.82) is 0 Å². The number of nitrogens with zero attached hydrogens (tertiary/aromatic N) is 1. The number of unbranched alkanes of at least 4 members (excludes halogenated alkanes) is 51. The predicted molar refractivity (Wildman–Crippen MR) is 387 cm³/mol. The van der Waals surface area contributed by atoms with Crippen molar-refractivity contribution >= 4 is 13.7 Å². The van der Waals surface area contributed by atoms with Crippen molar-refractivity contribution in [3.63, 3.8) is 0 Å². The Balaban J connectivity index is 3.96. The molecular formula is C79H152N2O6P+. The lowest BCUT2D eigenvalue weighted by molar-refractivity contribution is -0.870. The molecule has 8 nitrogen and oxygen atoms in total. The maximum absolute atomic E-state index is 13.1. The second-order valence-electron chi connectivity index (χ2n) is 27.7. The minimum atomic E-state index is -4.37. The molecule has 3 N–H and O–H groups in total. The Hall–Kier alpha value is -1.80. The van der Waals surface area contributed by atoms with Crippen LogP contribution in [0, 0.1) is 0 Å². The largest absolute Gasteiger partial charge is 0.472 e. The first-order valence-electron chi connectivity index (χ1n) is 38.7. The fraction of sp³-hybridized carbons (Fsp3) is 0.861. The quantitative estimate of drug-likeness (QED) is 0.0243. The molecule has 0 heterocycles. The van der Waals surface area contributed by atoms with Gasteiger partial charge in [-0.1, -0.05) is 364 Å². The van der Waals surface area contributed by atoms with Gasteiger partial charge in [0.2, 0.25) is 5.91 Å². The number of carbonyl (C=O) groups is 1. The highest BCUT2D eigenvalue weighted by Crippen LogP contribution is 2.43. The van der Waals surface area contributed by atoms with Crippen molar-refractivity contribution in [2.45, 2.75) is 398 Å². The van der Waals surface area contributed by atoms with Crippen LogP contribution in [0.15, 0.2) is 60.8 Å². The van der Waals surface area contributed by atoms with Crippen LogP contribution in [0.3, 0.4) is 0 Å². The second-order valence-corrected chi connectivity index (χ2v) is 29.2. The van der Waals surface area contributed by atoms with Crippen LogP contribution in [0.5, 0.6) is 0 Å². The average Bonchev–Trinajstić information content (AvgIpc) is 3.71. The van der Waals surface area contributed by atoms with Crippen LogP contribution in [-0.2, 0) is 18.4 Å². The van der Waals surface area contributed by atoms with Crippen LogP contribution in [0.25, 0.3) is 0 Å². The number of aliphatic hydroxyl groups is 1. The van der Waals surface area contributed by atoms with E-state index in [4.69, 9.17) is 9.05 Å². The Morgan fingerprint density at radius 2 is 0.659 bits per heavy atom. The summed E-state index contributed by atoms with van der Waals surface area (Å²) in [7, 11) is 1.56. The Morgan fingerprint density at radius 3 is 0.977 bits per heavy atom. The first-order valence-corrected chi connectivity index (χ1v) is 40.2. The summed E-state index contributed by atoms with van der Waals surface area (Å²) in [4.78, 5) is 23.4. The summed E-state index contributed by atoms with van der Waals surface area (Å²) in [5.41, 5.74) is 0. The zero-order valence-corrected chi connectivity index (χ0v) is 60.4. The van der Waals surface area contributed by atoms with E-state index < -0.39 is 20.0 Å². The van der Waals surface area contributed by atoms with Gasteiger partial charge in [-0.3, -0.25) is 13.8 Å². The van der Waals surface area contributed by atoms with Crippen molar-refractivity contribution in [3.8, 4) is 0 Å². The smallest absolute Gasteiger partial charge is 0.387 e. The zero-order chi connectivity index (χ0) is 64.1. The molecule has 9 heteroatoms. The number of quaternary nitrogens is 1. The van der Waals surface area contributed by atoms with E-state index in [9.17, 15) is 19.4 Å². The third kappa shape index (κ3) is 71.6. The van der Waals surface area contributed by atoms with Gasteiger partial charge >= 0.3 is 7.82 Å². The summed E-state index contributed by atoms with van der Waals surface area (Å²) in [5.74, 6) is -0.184. The van der Waals surface area contributed by atoms with Crippen LogP contribution < -0.4 is 5.32 Å². The molecule has 0 aromatic rings. The number of hydrogen-bond acceptors (Lipinski definition) is 5. The van der Waals surface area contributed by atoms with E-state index in [0.717, 1.165) is 51.4 Å². The summed E-state index contributed by atoms with van der Waals surface area (Å²) < 4.78 is 23.8. The van der Waals surface area contributed by atoms with E-state index >= 15 is 0 Å². The standard InChI is InChI=1S/C79H151N2O6P/c1-6-8-10-12-14-16-18-20-22-24-26-28-30-32-33-34-35-36-37-38-39-40-41-42-43-44-45-46-47-49-51-53-55-57-59-61-63-65-67-69-71-73-79(83)80-77(76-87-88(84,85)86-75-74-81(3,4)5)78(82)72-70-68-66-64-62-60-58-56-54-52-50-48-31-29-27-25-23-21-19-17-15-13-11-9-7-2/h18,20,24,26,54,56,62,64,70,72,77-78,82H,6-17,19,21-23,25,27-53,55,57-61,63,65-69,71,73-76H2,1-5H3,(H-,80,83,84,85)/p+1/b20-18-,26-24-,56-54+,64-62+,72-70+. The van der Waals surface area contributed by atoms with Crippen LogP contribution in [0.2, 0.25) is 0 Å². The Labute approximate surface area is 549 Å². The molecule has 0 bridgehead atoms. The van der Waals surface area contributed by atoms with Gasteiger partial charge in [0.25, 0.3) is 0 Å². The molecule has 88 heavy (non-hydrogen) atoms. The van der Waals surface area contributed by atoms with E-state index in [1.807, 2.05) is 27.2 Å². The molecule has 0 aromatic heterocycles. The molecule has 0 aliphatic carbocycles. The number of phosphoric acid groups is 1. The van der Waals surface area contributed by atoms with Crippen molar-refractivity contribution < 1.29 is 32.9 Å². The maximum Gasteiger partial charge on any atom is 0.472 e. The minimum absolute atomic E-state index is 0.0544. The van der Waals surface area contributed by atoms with Gasteiger partial charge < -0.3 is 19.8 Å². The lowest BCUT2D eigenvalue weighted by Gasteiger charge is -2.25. The number of likely N-dealkylation sites (N-methyl/N-ethyl adjacent to an activating group) is 1. The molecule has 0 spiro atoms. The predicted octanol–water partition coefficient (Wildman–Crippen LogP) is 25.1. The summed E-state index contributed by atoms with van der Waals surface area (Å²) in [6, 6.07) is -0.871. The van der Waals surface area contributed by atoms with Crippen LogP contribution in [0.4, 0.5) is 0 Å². The fourth-order valence-corrected chi connectivity index (χ4v) is 12.4. The molecule has 0 aromatic carbocycles. The normalized spacial score (nSPS) is 13.9. The van der Waals surface area contributed by atoms with Crippen molar-refractivity contribution in [3.05, 3.63) is 60.8 Å². The average molecular weight is 1260 g/mol. The van der Waals surface area contributed by atoms with Gasteiger partial charge in [0.05, 0.1) is 39.9 Å².